The van der Waals surface area contributed by atoms with E-state index in [2.05, 4.69) is 71.0 Å². The molecule has 7 nitrogen and oxygen atoms in total. The first-order valence-electron chi connectivity index (χ1n) is 18.7. The molecule has 1 unspecified atom stereocenters. The molecule has 0 amide bonds. The predicted octanol–water partition coefficient (Wildman–Crippen LogP) is 7.35. The summed E-state index contributed by atoms with van der Waals surface area (Å²) in [5, 5.41) is 25.4. The highest BCUT2D eigenvalue weighted by molar-refractivity contribution is 5.50. The van der Waals surface area contributed by atoms with Gasteiger partial charge in [-0.25, -0.2) is 0 Å². The van der Waals surface area contributed by atoms with Crippen LogP contribution in [0, 0.1) is 28.6 Å². The summed E-state index contributed by atoms with van der Waals surface area (Å²) in [6.45, 7) is 11.8. The normalized spacial score (nSPS) is 40.9. The summed E-state index contributed by atoms with van der Waals surface area (Å²) in [5.41, 5.74) is 3.29. The first kappa shape index (κ1) is 34.0. The lowest BCUT2D eigenvalue weighted by Gasteiger charge is -2.59. The van der Waals surface area contributed by atoms with Crippen molar-refractivity contribution in [2.45, 2.75) is 134 Å². The van der Waals surface area contributed by atoms with Crippen molar-refractivity contribution in [3.05, 3.63) is 41.0 Å². The molecule has 2 saturated heterocycles. The molecule has 0 radical (unpaired) electrons. The number of benzene rings is 1. The molecule has 1 spiro atoms. The molecule has 2 aliphatic heterocycles. The summed E-state index contributed by atoms with van der Waals surface area (Å²) in [6.07, 6.45) is 10.4. The minimum atomic E-state index is -0.916. The van der Waals surface area contributed by atoms with E-state index in [1.165, 1.54) is 22.4 Å². The van der Waals surface area contributed by atoms with Crippen LogP contribution in [0.4, 0.5) is 5.69 Å². The van der Waals surface area contributed by atoms with E-state index in [0.717, 1.165) is 77.2 Å². The van der Waals surface area contributed by atoms with Gasteiger partial charge in [0.05, 0.1) is 24.4 Å². The van der Waals surface area contributed by atoms with Crippen molar-refractivity contribution in [3.8, 4) is 0 Å². The number of hydrogen-bond acceptors (Lipinski definition) is 7. The van der Waals surface area contributed by atoms with Crippen LogP contribution in [0.1, 0.15) is 116 Å². The third-order valence-corrected chi connectivity index (χ3v) is 13.6. The molecule has 1 aromatic rings. The molecule has 6 aliphatic rings. The Hall–Kier alpha value is -1.48. The second kappa shape index (κ2) is 12.4. The fraction of sp³-hybridized carbons (Fsp3) is 0.800. The number of allylic oxidation sites excluding steroid dienone is 1. The van der Waals surface area contributed by atoms with Crippen LogP contribution in [-0.2, 0) is 18.9 Å². The van der Waals surface area contributed by atoms with E-state index < -0.39 is 17.0 Å². The highest BCUT2D eigenvalue weighted by atomic mass is 16.7. The molecule has 7 heteroatoms. The smallest absolute Gasteiger partial charge is 0.171 e. The second-order valence-electron chi connectivity index (χ2n) is 17.5. The number of aliphatic hydroxyl groups is 2. The van der Waals surface area contributed by atoms with E-state index >= 15 is 0 Å². The van der Waals surface area contributed by atoms with Gasteiger partial charge in [-0.05, 0) is 105 Å². The summed E-state index contributed by atoms with van der Waals surface area (Å²) in [4.78, 5) is 2.15. The van der Waals surface area contributed by atoms with E-state index in [-0.39, 0.29) is 29.0 Å². The average Bonchev–Trinajstić information content (AvgIpc) is 3.25. The first-order chi connectivity index (χ1) is 22.3. The minimum Gasteiger partial charge on any atom is -0.389 e. The van der Waals surface area contributed by atoms with E-state index in [9.17, 15) is 10.2 Å². The van der Waals surface area contributed by atoms with Gasteiger partial charge >= 0.3 is 0 Å². The predicted molar refractivity (Wildman–Crippen MR) is 184 cm³/mol. The van der Waals surface area contributed by atoms with E-state index in [4.69, 9.17) is 18.9 Å². The Bertz CT molecular complexity index is 1310. The molecule has 0 aromatic heterocycles. The number of rotatable bonds is 7. The van der Waals surface area contributed by atoms with Gasteiger partial charge in [-0.15, -0.1) is 0 Å². The van der Waals surface area contributed by atoms with Gasteiger partial charge in [0, 0.05) is 62.6 Å². The van der Waals surface area contributed by atoms with Gasteiger partial charge in [0.25, 0.3) is 0 Å². The number of anilines is 1. The number of ether oxygens (including phenoxy) is 4. The highest BCUT2D eigenvalue weighted by Gasteiger charge is 2.66. The summed E-state index contributed by atoms with van der Waals surface area (Å²) >= 11 is 0. The molecule has 8 atom stereocenters. The SMILES string of the molecule is C[C@H]1C[C@H]2[C@@H]3CC[C@@]4(O)CC5(CCC4=C3[C@@H](c3ccc(N(C)C)cc3)C[C@]2(C)[C@]1(O)CCCOC1CCCCO1)OCC(C)(C)CO5. The fourth-order valence-corrected chi connectivity index (χ4v) is 10.9. The number of fused-ring (bicyclic) bond motifs is 4. The largest absolute Gasteiger partial charge is 0.389 e. The average molecular weight is 652 g/mol. The van der Waals surface area contributed by atoms with Crippen LogP contribution in [-0.4, -0.2) is 74.0 Å². The zero-order chi connectivity index (χ0) is 33.2. The van der Waals surface area contributed by atoms with Gasteiger partial charge in [-0.1, -0.05) is 45.4 Å². The Balaban J connectivity index is 1.21. The fourth-order valence-electron chi connectivity index (χ4n) is 10.9. The maximum absolute atomic E-state index is 12.8. The molecular formula is C40H61NO6. The molecule has 1 aromatic carbocycles. The maximum Gasteiger partial charge on any atom is 0.171 e. The Morgan fingerprint density at radius 1 is 0.979 bits per heavy atom. The number of nitrogens with zero attached hydrogens (tertiary/aromatic N) is 1. The summed E-state index contributed by atoms with van der Waals surface area (Å²) in [7, 11) is 4.17. The van der Waals surface area contributed by atoms with Crippen molar-refractivity contribution in [2.24, 2.45) is 28.6 Å². The lowest BCUT2D eigenvalue weighted by atomic mass is 9.49. The molecule has 47 heavy (non-hydrogen) atoms. The van der Waals surface area contributed by atoms with E-state index in [0.29, 0.717) is 38.1 Å². The highest BCUT2D eigenvalue weighted by Crippen LogP contribution is 2.70. The minimum absolute atomic E-state index is 0.00630. The van der Waals surface area contributed by atoms with Gasteiger partial charge in [0.1, 0.15) is 0 Å². The van der Waals surface area contributed by atoms with Gasteiger partial charge < -0.3 is 34.1 Å². The zero-order valence-corrected chi connectivity index (χ0v) is 30.0. The quantitative estimate of drug-likeness (QED) is 0.236. The Morgan fingerprint density at radius 2 is 1.72 bits per heavy atom. The van der Waals surface area contributed by atoms with Gasteiger partial charge in [-0.2, -0.15) is 0 Å². The van der Waals surface area contributed by atoms with Crippen LogP contribution in [0.25, 0.3) is 0 Å². The Labute approximate surface area is 283 Å². The third kappa shape index (κ3) is 5.93. The standard InChI is InChI=1S/C40H61NO6/c1-27-22-33-30-15-18-38(42)24-39(46-25-36(2,3)26-47-39)19-16-32(38)35(30)31(28-11-13-29(14-12-28)41(5)6)23-37(33,4)40(27,43)17-9-21-45-34-10-7-8-20-44-34/h11-14,27,30-31,33-34,42-43H,7-10,15-26H2,1-6H3/t27-,30-,31+,33-,34?,37-,38+,40-/m0/s1. The monoisotopic (exact) mass is 651 g/mol. The van der Waals surface area contributed by atoms with Crippen molar-refractivity contribution in [1.29, 1.82) is 0 Å². The molecule has 2 heterocycles. The second-order valence-corrected chi connectivity index (χ2v) is 17.5. The first-order valence-corrected chi connectivity index (χ1v) is 18.7. The molecule has 262 valence electrons. The third-order valence-electron chi connectivity index (χ3n) is 13.6. The topological polar surface area (TPSA) is 80.6 Å². The molecule has 7 rings (SSSR count). The van der Waals surface area contributed by atoms with Crippen LogP contribution >= 0.6 is 0 Å². The maximum atomic E-state index is 12.8. The number of hydrogen-bond donors (Lipinski definition) is 2. The lowest BCUT2D eigenvalue weighted by Crippen LogP contribution is -2.58. The van der Waals surface area contributed by atoms with Crippen LogP contribution in [0.2, 0.25) is 0 Å². The van der Waals surface area contributed by atoms with Crippen molar-refractivity contribution >= 4 is 5.69 Å². The zero-order valence-electron chi connectivity index (χ0n) is 30.0. The molecule has 5 fully saturated rings. The summed E-state index contributed by atoms with van der Waals surface area (Å²) in [6, 6.07) is 9.07. The molecule has 2 N–H and O–H groups in total. The van der Waals surface area contributed by atoms with Crippen LogP contribution in [0.15, 0.2) is 35.4 Å². The van der Waals surface area contributed by atoms with Crippen LogP contribution in [0.3, 0.4) is 0 Å². The van der Waals surface area contributed by atoms with Crippen molar-refractivity contribution in [2.75, 3.05) is 45.4 Å². The van der Waals surface area contributed by atoms with E-state index in [1.807, 2.05) is 0 Å². The van der Waals surface area contributed by atoms with E-state index in [1.54, 1.807) is 0 Å². The summed E-state index contributed by atoms with van der Waals surface area (Å²) in [5.74, 6) is 0.400. The Morgan fingerprint density at radius 3 is 2.40 bits per heavy atom. The summed E-state index contributed by atoms with van der Waals surface area (Å²) < 4.78 is 24.9. The van der Waals surface area contributed by atoms with Gasteiger partial charge in [0.2, 0.25) is 0 Å². The van der Waals surface area contributed by atoms with Crippen LogP contribution < -0.4 is 4.90 Å². The molecule has 0 bridgehead atoms. The van der Waals surface area contributed by atoms with Crippen LogP contribution in [0.5, 0.6) is 0 Å². The van der Waals surface area contributed by atoms with Crippen molar-refractivity contribution in [1.82, 2.24) is 0 Å². The van der Waals surface area contributed by atoms with Crippen molar-refractivity contribution < 1.29 is 29.2 Å². The molecular weight excluding hydrogens is 590 g/mol. The van der Waals surface area contributed by atoms with Crippen molar-refractivity contribution in [3.63, 3.8) is 0 Å². The lowest BCUT2D eigenvalue weighted by molar-refractivity contribution is -0.322. The Kier molecular flexibility index (Phi) is 8.96. The van der Waals surface area contributed by atoms with Gasteiger partial charge in [-0.3, -0.25) is 0 Å². The van der Waals surface area contributed by atoms with Gasteiger partial charge in [0.15, 0.2) is 12.1 Å². The molecule has 4 aliphatic carbocycles. The molecule has 3 saturated carbocycles.